The molecule has 2 rings (SSSR count). The fourth-order valence-electron chi connectivity index (χ4n) is 2.69. The first kappa shape index (κ1) is 15.9. The van der Waals surface area contributed by atoms with Crippen molar-refractivity contribution in [3.05, 3.63) is 35.1 Å². The molecule has 0 aromatic heterocycles. The van der Waals surface area contributed by atoms with Gasteiger partial charge >= 0.3 is 0 Å². The first-order valence-electron chi connectivity index (χ1n) is 7.27. The van der Waals surface area contributed by atoms with Crippen LogP contribution in [0.2, 0.25) is 0 Å². The lowest BCUT2D eigenvalue weighted by molar-refractivity contribution is 0.00336. The van der Waals surface area contributed by atoms with Crippen LogP contribution in [0.25, 0.3) is 0 Å². The number of hydrazine groups is 1. The normalized spacial score (nSPS) is 19.5. The molecule has 1 unspecified atom stereocenters. The number of piperidine rings is 1. The molecule has 0 aliphatic carbocycles. The number of halogens is 1. The molecule has 0 bridgehead atoms. The number of ether oxygens (including phenoxy) is 1. The Morgan fingerprint density at radius 1 is 1.57 bits per heavy atom. The maximum atomic E-state index is 13.9. The van der Waals surface area contributed by atoms with Gasteiger partial charge in [0.15, 0.2) is 0 Å². The Labute approximate surface area is 124 Å². The zero-order valence-electron chi connectivity index (χ0n) is 12.3. The van der Waals surface area contributed by atoms with Gasteiger partial charge in [-0.15, -0.1) is 0 Å². The predicted octanol–water partition coefficient (Wildman–Crippen LogP) is 1.43. The van der Waals surface area contributed by atoms with Crippen molar-refractivity contribution in [2.24, 2.45) is 5.84 Å². The van der Waals surface area contributed by atoms with E-state index in [4.69, 9.17) is 10.6 Å². The molecule has 0 saturated carbocycles. The van der Waals surface area contributed by atoms with Crippen molar-refractivity contribution >= 4 is 5.91 Å². The maximum absolute atomic E-state index is 13.9. The van der Waals surface area contributed by atoms with Gasteiger partial charge in [-0.05, 0) is 44.5 Å². The second-order valence-corrected chi connectivity index (χ2v) is 5.23. The lowest BCUT2D eigenvalue weighted by Gasteiger charge is -2.32. The van der Waals surface area contributed by atoms with Gasteiger partial charge in [-0.2, -0.15) is 0 Å². The number of nitrogens with one attached hydrogen (secondary N) is 1. The van der Waals surface area contributed by atoms with E-state index in [2.05, 4.69) is 10.3 Å². The number of carbonyl (C=O) groups excluding carboxylic acids is 1. The standard InChI is InChI=1S/C15H22FN3O2/c1-2-21-13-4-3-7-19(10-13)9-12-8-11(15(20)18-17)5-6-14(12)16/h5-6,8,13H,2-4,7,9-10,17H2,1H3,(H,18,20). The number of amides is 1. The van der Waals surface area contributed by atoms with Gasteiger partial charge in [0.1, 0.15) is 5.82 Å². The zero-order valence-corrected chi connectivity index (χ0v) is 12.3. The highest BCUT2D eigenvalue weighted by molar-refractivity contribution is 5.93. The molecule has 1 saturated heterocycles. The number of nitrogen functional groups attached to an aromatic ring is 1. The topological polar surface area (TPSA) is 67.6 Å². The van der Waals surface area contributed by atoms with Crippen LogP contribution in [0.1, 0.15) is 35.7 Å². The van der Waals surface area contributed by atoms with E-state index in [0.29, 0.717) is 24.3 Å². The van der Waals surface area contributed by atoms with Crippen LogP contribution in [-0.4, -0.2) is 36.6 Å². The molecule has 5 nitrogen and oxygen atoms in total. The van der Waals surface area contributed by atoms with Crippen molar-refractivity contribution in [2.75, 3.05) is 19.7 Å². The minimum atomic E-state index is -0.415. The monoisotopic (exact) mass is 295 g/mol. The third-order valence-electron chi connectivity index (χ3n) is 3.70. The highest BCUT2D eigenvalue weighted by Gasteiger charge is 2.21. The van der Waals surface area contributed by atoms with Gasteiger partial charge in [0, 0.05) is 30.8 Å². The molecule has 116 valence electrons. The molecule has 6 heteroatoms. The number of rotatable bonds is 5. The fraction of sp³-hybridized carbons (Fsp3) is 0.533. The van der Waals surface area contributed by atoms with E-state index in [1.54, 1.807) is 6.07 Å². The minimum absolute atomic E-state index is 0.210. The van der Waals surface area contributed by atoms with E-state index in [-0.39, 0.29) is 11.9 Å². The molecule has 3 N–H and O–H groups in total. The molecule has 1 aliphatic rings. The Kier molecular flexibility index (Phi) is 5.67. The van der Waals surface area contributed by atoms with Crippen molar-refractivity contribution in [3.8, 4) is 0 Å². The largest absolute Gasteiger partial charge is 0.377 e. The number of likely N-dealkylation sites (tertiary alicyclic amines) is 1. The lowest BCUT2D eigenvalue weighted by Crippen LogP contribution is -2.39. The first-order chi connectivity index (χ1) is 10.1. The van der Waals surface area contributed by atoms with E-state index in [0.717, 1.165) is 25.9 Å². The van der Waals surface area contributed by atoms with Crippen LogP contribution >= 0.6 is 0 Å². The summed E-state index contributed by atoms with van der Waals surface area (Å²) in [7, 11) is 0. The zero-order chi connectivity index (χ0) is 15.2. The second-order valence-electron chi connectivity index (χ2n) is 5.23. The SMILES string of the molecule is CCOC1CCCN(Cc2cc(C(=O)NN)ccc2F)C1. The molecule has 21 heavy (non-hydrogen) atoms. The second kappa shape index (κ2) is 7.49. The van der Waals surface area contributed by atoms with Gasteiger partial charge in [0.25, 0.3) is 5.91 Å². The van der Waals surface area contributed by atoms with Crippen LogP contribution in [0, 0.1) is 5.82 Å². The summed E-state index contributed by atoms with van der Waals surface area (Å²) in [6.45, 7) is 4.85. The summed E-state index contributed by atoms with van der Waals surface area (Å²) in [5, 5.41) is 0. The van der Waals surface area contributed by atoms with Crippen LogP contribution in [0.4, 0.5) is 4.39 Å². The van der Waals surface area contributed by atoms with E-state index < -0.39 is 5.91 Å². The summed E-state index contributed by atoms with van der Waals surface area (Å²) in [4.78, 5) is 13.7. The van der Waals surface area contributed by atoms with Crippen molar-refractivity contribution in [1.82, 2.24) is 10.3 Å². The molecule has 1 aromatic carbocycles. The van der Waals surface area contributed by atoms with E-state index in [9.17, 15) is 9.18 Å². The Hall–Kier alpha value is -1.50. The van der Waals surface area contributed by atoms with Gasteiger partial charge in [0.2, 0.25) is 0 Å². The average molecular weight is 295 g/mol. The molecule has 1 amide bonds. The summed E-state index contributed by atoms with van der Waals surface area (Å²) in [5.74, 6) is 4.39. The van der Waals surface area contributed by atoms with Crippen molar-refractivity contribution < 1.29 is 13.9 Å². The van der Waals surface area contributed by atoms with Crippen LogP contribution in [-0.2, 0) is 11.3 Å². The summed E-state index contributed by atoms with van der Waals surface area (Å²) >= 11 is 0. The van der Waals surface area contributed by atoms with Gasteiger partial charge in [-0.3, -0.25) is 15.1 Å². The third kappa shape index (κ3) is 4.23. The number of carbonyl (C=O) groups is 1. The smallest absolute Gasteiger partial charge is 0.265 e. The molecule has 1 heterocycles. The average Bonchev–Trinajstić information content (AvgIpc) is 2.49. The molecule has 0 radical (unpaired) electrons. The van der Waals surface area contributed by atoms with E-state index in [1.165, 1.54) is 12.1 Å². The van der Waals surface area contributed by atoms with Crippen LogP contribution in [0.15, 0.2) is 18.2 Å². The number of nitrogens with two attached hydrogens (primary N) is 1. The van der Waals surface area contributed by atoms with Crippen molar-refractivity contribution in [2.45, 2.75) is 32.4 Å². The number of nitrogens with zero attached hydrogens (tertiary/aromatic N) is 1. The van der Waals surface area contributed by atoms with Crippen molar-refractivity contribution in [1.29, 1.82) is 0 Å². The highest BCUT2D eigenvalue weighted by Crippen LogP contribution is 2.18. The molecular weight excluding hydrogens is 273 g/mol. The Morgan fingerprint density at radius 2 is 2.38 bits per heavy atom. The predicted molar refractivity (Wildman–Crippen MR) is 78.0 cm³/mol. The number of hydrogen-bond acceptors (Lipinski definition) is 4. The Balaban J connectivity index is 2.06. The summed E-state index contributed by atoms with van der Waals surface area (Å²) < 4.78 is 19.6. The molecular formula is C15H22FN3O2. The Morgan fingerprint density at radius 3 is 3.10 bits per heavy atom. The van der Waals surface area contributed by atoms with Gasteiger partial charge in [0.05, 0.1) is 6.10 Å². The van der Waals surface area contributed by atoms with Gasteiger partial charge in [-0.25, -0.2) is 10.2 Å². The minimum Gasteiger partial charge on any atom is -0.377 e. The van der Waals surface area contributed by atoms with Gasteiger partial charge < -0.3 is 4.74 Å². The molecule has 1 atom stereocenters. The molecule has 0 spiro atoms. The van der Waals surface area contributed by atoms with Crippen molar-refractivity contribution in [3.63, 3.8) is 0 Å². The number of benzene rings is 1. The fourth-order valence-corrected chi connectivity index (χ4v) is 2.69. The molecule has 1 aromatic rings. The molecule has 1 fully saturated rings. The van der Waals surface area contributed by atoms with Crippen LogP contribution in [0.3, 0.4) is 0 Å². The summed E-state index contributed by atoms with van der Waals surface area (Å²) in [5.41, 5.74) is 2.94. The highest BCUT2D eigenvalue weighted by atomic mass is 19.1. The quantitative estimate of drug-likeness (QED) is 0.490. The number of hydrogen-bond donors (Lipinski definition) is 2. The van der Waals surface area contributed by atoms with E-state index >= 15 is 0 Å². The van der Waals surface area contributed by atoms with E-state index in [1.807, 2.05) is 6.92 Å². The summed E-state index contributed by atoms with van der Waals surface area (Å²) in [6.07, 6.45) is 2.29. The summed E-state index contributed by atoms with van der Waals surface area (Å²) in [6, 6.07) is 4.30. The third-order valence-corrected chi connectivity index (χ3v) is 3.70. The maximum Gasteiger partial charge on any atom is 0.265 e. The van der Waals surface area contributed by atoms with Crippen LogP contribution in [0.5, 0.6) is 0 Å². The first-order valence-corrected chi connectivity index (χ1v) is 7.27. The Bertz CT molecular complexity index is 494. The van der Waals surface area contributed by atoms with Gasteiger partial charge in [-0.1, -0.05) is 0 Å². The lowest BCUT2D eigenvalue weighted by atomic mass is 10.1. The van der Waals surface area contributed by atoms with Crippen LogP contribution < -0.4 is 11.3 Å². The molecule has 1 aliphatic heterocycles.